The summed E-state index contributed by atoms with van der Waals surface area (Å²) in [7, 11) is 0. The van der Waals surface area contributed by atoms with Gasteiger partial charge in [0, 0.05) is 18.0 Å². The van der Waals surface area contributed by atoms with E-state index >= 15 is 0 Å². The van der Waals surface area contributed by atoms with Gasteiger partial charge >= 0.3 is 0 Å². The van der Waals surface area contributed by atoms with Gasteiger partial charge in [-0.2, -0.15) is 22.7 Å². The molecule has 126 valence electrons. The number of rotatable bonds is 7. The summed E-state index contributed by atoms with van der Waals surface area (Å²) in [5.74, 6) is 1.61. The zero-order valence-corrected chi connectivity index (χ0v) is 14.3. The Bertz CT molecular complexity index is 806. The Balaban J connectivity index is 1.95. The minimum absolute atomic E-state index is 0.198. The molecule has 3 aromatic rings. The van der Waals surface area contributed by atoms with Crippen molar-refractivity contribution in [3.8, 4) is 0 Å². The maximum Gasteiger partial charge on any atom is 0.222 e. The van der Waals surface area contributed by atoms with Crippen LogP contribution in [0.4, 0.5) is 11.8 Å². The highest BCUT2D eigenvalue weighted by Crippen LogP contribution is 2.30. The van der Waals surface area contributed by atoms with Crippen LogP contribution in [0, 0.1) is 0 Å². The predicted molar refractivity (Wildman–Crippen MR) is 96.7 cm³/mol. The molecule has 0 amide bonds. The zero-order chi connectivity index (χ0) is 17.0. The van der Waals surface area contributed by atoms with E-state index < -0.39 is 4.87 Å². The van der Waals surface area contributed by atoms with Crippen LogP contribution in [0.5, 0.6) is 0 Å². The second-order valence-electron chi connectivity index (χ2n) is 5.69. The van der Waals surface area contributed by atoms with Crippen molar-refractivity contribution in [3.05, 3.63) is 30.6 Å². The third-order valence-electron chi connectivity index (χ3n) is 3.74. The number of nitrogens with one attached hydrogen (secondary N) is 2. The first-order valence-electron chi connectivity index (χ1n) is 7.82. The largest absolute Gasteiger partial charge is 0.368 e. The fourth-order valence-corrected chi connectivity index (χ4v) is 2.99. The molecule has 0 fully saturated rings. The number of nitrogens with zero attached hydrogens (tertiary/aromatic N) is 5. The van der Waals surface area contributed by atoms with Gasteiger partial charge in [-0.15, -0.1) is 0 Å². The highest BCUT2D eigenvalue weighted by atomic mass is 32.1. The van der Waals surface area contributed by atoms with Gasteiger partial charge in [-0.1, -0.05) is 19.8 Å². The lowest BCUT2D eigenvalue weighted by Crippen LogP contribution is -2.35. The zero-order valence-electron chi connectivity index (χ0n) is 13.4. The lowest BCUT2D eigenvalue weighted by molar-refractivity contribution is 0.553. The fourth-order valence-electron chi connectivity index (χ4n) is 2.57. The number of aromatic nitrogens is 6. The first-order chi connectivity index (χ1) is 11.6. The molecule has 0 bridgehead atoms. The lowest BCUT2D eigenvalue weighted by Gasteiger charge is -2.30. The van der Waals surface area contributed by atoms with E-state index in [1.807, 2.05) is 6.07 Å². The van der Waals surface area contributed by atoms with E-state index in [1.165, 1.54) is 6.33 Å². The van der Waals surface area contributed by atoms with Crippen molar-refractivity contribution >= 4 is 35.3 Å². The van der Waals surface area contributed by atoms with Gasteiger partial charge in [0.25, 0.3) is 0 Å². The van der Waals surface area contributed by atoms with Gasteiger partial charge in [-0.25, -0.2) is 9.97 Å². The molecule has 9 heteroatoms. The van der Waals surface area contributed by atoms with Crippen molar-refractivity contribution in [3.63, 3.8) is 0 Å². The number of hydrogen-bond acceptors (Lipinski definition) is 8. The number of aromatic amines is 1. The van der Waals surface area contributed by atoms with Crippen LogP contribution in [0.25, 0.3) is 10.9 Å². The van der Waals surface area contributed by atoms with Crippen LogP contribution < -0.4 is 11.1 Å². The second kappa shape index (κ2) is 7.00. The summed E-state index contributed by atoms with van der Waals surface area (Å²) in [6.07, 6.45) is 8.36. The van der Waals surface area contributed by atoms with E-state index in [0.717, 1.165) is 30.5 Å². The molecule has 0 aliphatic rings. The molecule has 24 heavy (non-hydrogen) atoms. The number of anilines is 2. The van der Waals surface area contributed by atoms with Crippen LogP contribution in [0.3, 0.4) is 0 Å². The Morgan fingerprint density at radius 2 is 2.25 bits per heavy atom. The number of H-pyrrole nitrogens is 1. The molecule has 1 atom stereocenters. The van der Waals surface area contributed by atoms with E-state index in [2.05, 4.69) is 42.4 Å². The number of unbranched alkanes of at least 4 members (excludes halogenated alkanes) is 1. The standard InChI is InChI=1S/C15H20N8S/c1-2-3-5-15(24,7-12-18-9-19-23-12)22-13-10-4-6-17-8-11(10)20-14(16)21-13/h4,6,8-9,24H,2-3,5,7H2,1H3,(H,18,19,23)(H3,16,20,21,22). The summed E-state index contributed by atoms with van der Waals surface area (Å²) < 4.78 is 0. The first-order valence-corrected chi connectivity index (χ1v) is 8.26. The van der Waals surface area contributed by atoms with Crippen LogP contribution in [0.15, 0.2) is 24.8 Å². The van der Waals surface area contributed by atoms with E-state index in [1.54, 1.807) is 12.4 Å². The number of fused-ring (bicyclic) bond motifs is 1. The predicted octanol–water partition coefficient (Wildman–Crippen LogP) is 2.20. The Morgan fingerprint density at radius 3 is 3.00 bits per heavy atom. The molecule has 0 aliphatic heterocycles. The minimum Gasteiger partial charge on any atom is -0.368 e. The van der Waals surface area contributed by atoms with Gasteiger partial charge in [-0.05, 0) is 12.5 Å². The van der Waals surface area contributed by atoms with Crippen LogP contribution in [0.1, 0.15) is 32.0 Å². The van der Waals surface area contributed by atoms with Crippen LogP contribution in [-0.2, 0) is 6.42 Å². The van der Waals surface area contributed by atoms with Crippen molar-refractivity contribution < 1.29 is 0 Å². The third kappa shape index (κ3) is 3.73. The lowest BCUT2D eigenvalue weighted by atomic mass is 10.0. The van der Waals surface area contributed by atoms with E-state index in [0.29, 0.717) is 17.8 Å². The Morgan fingerprint density at radius 1 is 1.38 bits per heavy atom. The van der Waals surface area contributed by atoms with Crippen LogP contribution in [-0.4, -0.2) is 35.0 Å². The van der Waals surface area contributed by atoms with Gasteiger partial charge in [-0.3, -0.25) is 10.1 Å². The van der Waals surface area contributed by atoms with Gasteiger partial charge in [0.1, 0.15) is 18.0 Å². The fraction of sp³-hybridized carbons (Fsp3) is 0.400. The quantitative estimate of drug-likeness (QED) is 0.383. The van der Waals surface area contributed by atoms with Gasteiger partial charge < -0.3 is 11.1 Å². The molecule has 0 radical (unpaired) electrons. The molecule has 0 aliphatic carbocycles. The maximum absolute atomic E-state index is 5.84. The van der Waals surface area contributed by atoms with E-state index in [4.69, 9.17) is 18.4 Å². The smallest absolute Gasteiger partial charge is 0.222 e. The van der Waals surface area contributed by atoms with Crippen molar-refractivity contribution in [2.75, 3.05) is 11.1 Å². The van der Waals surface area contributed by atoms with Crippen molar-refractivity contribution in [1.29, 1.82) is 0 Å². The average Bonchev–Trinajstić information content (AvgIpc) is 3.05. The van der Waals surface area contributed by atoms with E-state index in [-0.39, 0.29) is 5.95 Å². The molecule has 0 spiro atoms. The number of nitrogen functional groups attached to an aromatic ring is 1. The summed E-state index contributed by atoms with van der Waals surface area (Å²) in [5, 5.41) is 11.1. The molecular formula is C15H20N8S. The van der Waals surface area contributed by atoms with Gasteiger partial charge in [0.2, 0.25) is 5.95 Å². The van der Waals surface area contributed by atoms with Crippen molar-refractivity contribution in [2.24, 2.45) is 0 Å². The molecular weight excluding hydrogens is 324 g/mol. The molecule has 0 saturated heterocycles. The molecule has 3 rings (SSSR count). The first kappa shape index (κ1) is 16.4. The Labute approximate surface area is 145 Å². The second-order valence-corrected chi connectivity index (χ2v) is 6.55. The molecule has 0 aromatic carbocycles. The minimum atomic E-state index is -0.535. The molecule has 1 unspecified atom stereocenters. The monoisotopic (exact) mass is 344 g/mol. The van der Waals surface area contributed by atoms with Crippen molar-refractivity contribution in [1.82, 2.24) is 30.1 Å². The topological polar surface area (TPSA) is 118 Å². The normalized spacial score (nSPS) is 13.8. The Kier molecular flexibility index (Phi) is 4.79. The molecule has 3 heterocycles. The summed E-state index contributed by atoms with van der Waals surface area (Å²) in [6, 6.07) is 1.86. The highest BCUT2D eigenvalue weighted by Gasteiger charge is 2.28. The van der Waals surface area contributed by atoms with E-state index in [9.17, 15) is 0 Å². The summed E-state index contributed by atoms with van der Waals surface area (Å²) >= 11 is 4.89. The Hall–Kier alpha value is -2.42. The van der Waals surface area contributed by atoms with Gasteiger partial charge in [0.15, 0.2) is 0 Å². The summed E-state index contributed by atoms with van der Waals surface area (Å²) in [4.78, 5) is 16.3. The van der Waals surface area contributed by atoms with Crippen molar-refractivity contribution in [2.45, 2.75) is 37.5 Å². The number of hydrogen-bond donors (Lipinski definition) is 4. The highest BCUT2D eigenvalue weighted by molar-refractivity contribution is 7.82. The number of nitrogens with two attached hydrogens (primary N) is 1. The third-order valence-corrected chi connectivity index (χ3v) is 4.23. The molecule has 3 aromatic heterocycles. The van der Waals surface area contributed by atoms with Crippen LogP contribution in [0.2, 0.25) is 0 Å². The maximum atomic E-state index is 5.84. The number of thiol groups is 1. The molecule has 0 saturated carbocycles. The number of pyridine rings is 1. The SMILES string of the molecule is CCCCC(S)(Cc1ncn[nH]1)Nc1nc(N)nc2cnccc12. The molecule has 8 nitrogen and oxygen atoms in total. The summed E-state index contributed by atoms with van der Waals surface area (Å²) in [6.45, 7) is 2.15. The summed E-state index contributed by atoms with van der Waals surface area (Å²) in [5.41, 5.74) is 6.53. The van der Waals surface area contributed by atoms with Gasteiger partial charge in [0.05, 0.1) is 16.6 Å². The van der Waals surface area contributed by atoms with Crippen LogP contribution >= 0.6 is 12.6 Å². The molecule has 4 N–H and O–H groups in total. The average molecular weight is 344 g/mol.